The van der Waals surface area contributed by atoms with Gasteiger partial charge in [0.15, 0.2) is 5.76 Å². The fourth-order valence-electron chi connectivity index (χ4n) is 2.89. The van der Waals surface area contributed by atoms with Gasteiger partial charge in [-0.05, 0) is 44.2 Å². The van der Waals surface area contributed by atoms with Crippen molar-refractivity contribution in [2.75, 3.05) is 5.32 Å². The van der Waals surface area contributed by atoms with Crippen molar-refractivity contribution in [2.24, 2.45) is 0 Å². The largest absolute Gasteiger partial charge is 0.451 e. The lowest BCUT2D eigenvalue weighted by Gasteiger charge is -2.08. The molecule has 0 saturated heterocycles. The molecule has 1 amide bonds. The lowest BCUT2D eigenvalue weighted by molar-refractivity contribution is 0.0998. The number of amides is 1. The number of benzene rings is 2. The van der Waals surface area contributed by atoms with Crippen LogP contribution in [0.5, 0.6) is 0 Å². The molecule has 0 radical (unpaired) electrons. The maximum absolute atomic E-state index is 12.4. The molecule has 6 heteroatoms. The Morgan fingerprint density at radius 2 is 1.96 bits per heavy atom. The van der Waals surface area contributed by atoms with Crippen LogP contribution >= 0.6 is 11.3 Å². The van der Waals surface area contributed by atoms with Gasteiger partial charge in [0.25, 0.3) is 5.91 Å². The number of carbonyl (C=O) groups is 1. The van der Waals surface area contributed by atoms with Crippen molar-refractivity contribution in [3.63, 3.8) is 0 Å². The zero-order valence-corrected chi connectivity index (χ0v) is 14.6. The van der Waals surface area contributed by atoms with Crippen LogP contribution in [0.4, 0.5) is 5.69 Å². The molecule has 0 unspecified atom stereocenters. The molecule has 0 aliphatic carbocycles. The fraction of sp³-hybridized carbons (Fsp3) is 0.158. The van der Waals surface area contributed by atoms with E-state index in [1.807, 2.05) is 50.2 Å². The molecule has 0 atom stereocenters. The van der Waals surface area contributed by atoms with E-state index in [1.165, 1.54) is 11.3 Å². The molecule has 0 saturated carbocycles. The first-order valence-corrected chi connectivity index (χ1v) is 8.79. The van der Waals surface area contributed by atoms with Gasteiger partial charge in [-0.15, -0.1) is 0 Å². The highest BCUT2D eigenvalue weighted by atomic mass is 32.1. The number of furan rings is 1. The third-order valence-electron chi connectivity index (χ3n) is 4.04. The number of hydrogen-bond acceptors (Lipinski definition) is 4. The number of hydrogen-bond donors (Lipinski definition) is 1. The first kappa shape index (κ1) is 15.7. The lowest BCUT2D eigenvalue weighted by Crippen LogP contribution is -2.14. The van der Waals surface area contributed by atoms with Gasteiger partial charge in [0, 0.05) is 17.1 Å². The molecule has 2 aromatic carbocycles. The van der Waals surface area contributed by atoms with E-state index in [-0.39, 0.29) is 22.6 Å². The van der Waals surface area contributed by atoms with Crippen molar-refractivity contribution in [2.45, 2.75) is 19.9 Å². The van der Waals surface area contributed by atoms with E-state index in [0.29, 0.717) is 11.3 Å². The molecule has 0 spiro atoms. The minimum Gasteiger partial charge on any atom is -0.451 e. The molecule has 5 nitrogen and oxygen atoms in total. The van der Waals surface area contributed by atoms with Crippen LogP contribution < -0.4 is 10.2 Å². The van der Waals surface area contributed by atoms with Crippen LogP contribution in [0.1, 0.15) is 30.4 Å². The highest BCUT2D eigenvalue weighted by molar-refractivity contribution is 7.16. The molecule has 4 aromatic rings. The van der Waals surface area contributed by atoms with Crippen LogP contribution in [0.2, 0.25) is 0 Å². The molecule has 4 rings (SSSR count). The number of nitrogens with one attached hydrogen (secondary N) is 1. The molecule has 0 bridgehead atoms. The standard InChI is InChI=1S/C19H16N2O3S/c1-11(2)21-14-8-7-13(10-17(14)25-19(21)23)20-18(22)16-9-12-5-3-4-6-15(12)24-16/h3-11H,1-2H3,(H,20,22). The first-order chi connectivity index (χ1) is 12.0. The van der Waals surface area contributed by atoms with Gasteiger partial charge in [-0.2, -0.15) is 0 Å². The van der Waals surface area contributed by atoms with E-state index in [2.05, 4.69) is 5.32 Å². The van der Waals surface area contributed by atoms with Crippen LogP contribution in [-0.2, 0) is 0 Å². The summed E-state index contributed by atoms with van der Waals surface area (Å²) in [5.41, 5.74) is 2.19. The Bertz CT molecular complexity index is 1120. The number of aromatic nitrogens is 1. The van der Waals surface area contributed by atoms with Crippen molar-refractivity contribution in [3.8, 4) is 0 Å². The van der Waals surface area contributed by atoms with Crippen molar-refractivity contribution in [1.29, 1.82) is 0 Å². The van der Waals surface area contributed by atoms with Crippen molar-refractivity contribution in [3.05, 3.63) is 64.0 Å². The summed E-state index contributed by atoms with van der Waals surface area (Å²) in [5.74, 6) is -0.0552. The summed E-state index contributed by atoms with van der Waals surface area (Å²) in [6, 6.07) is 14.8. The summed E-state index contributed by atoms with van der Waals surface area (Å²) in [6.07, 6.45) is 0. The molecule has 25 heavy (non-hydrogen) atoms. The minimum absolute atomic E-state index is 0.00533. The zero-order valence-electron chi connectivity index (χ0n) is 13.8. The zero-order chi connectivity index (χ0) is 17.6. The Morgan fingerprint density at radius 1 is 1.16 bits per heavy atom. The quantitative estimate of drug-likeness (QED) is 0.584. The predicted octanol–water partition coefficient (Wildman–Crippen LogP) is 4.64. The molecule has 0 aliphatic heterocycles. The van der Waals surface area contributed by atoms with Crippen molar-refractivity contribution < 1.29 is 9.21 Å². The van der Waals surface area contributed by atoms with Crippen LogP contribution in [0.15, 0.2) is 57.7 Å². The molecule has 2 heterocycles. The highest BCUT2D eigenvalue weighted by Gasteiger charge is 2.14. The molecule has 0 aliphatic rings. The second-order valence-corrected chi connectivity index (χ2v) is 7.11. The van der Waals surface area contributed by atoms with E-state index in [9.17, 15) is 9.59 Å². The van der Waals surface area contributed by atoms with E-state index >= 15 is 0 Å². The third-order valence-corrected chi connectivity index (χ3v) is 4.96. The summed E-state index contributed by atoms with van der Waals surface area (Å²) in [5, 5.41) is 3.72. The van der Waals surface area contributed by atoms with Gasteiger partial charge in [0.1, 0.15) is 5.58 Å². The maximum Gasteiger partial charge on any atom is 0.308 e. The van der Waals surface area contributed by atoms with Gasteiger partial charge in [-0.3, -0.25) is 14.2 Å². The van der Waals surface area contributed by atoms with Crippen molar-refractivity contribution in [1.82, 2.24) is 4.57 Å². The summed E-state index contributed by atoms with van der Waals surface area (Å²) >= 11 is 1.18. The highest BCUT2D eigenvalue weighted by Crippen LogP contribution is 2.25. The van der Waals surface area contributed by atoms with Gasteiger partial charge in [-0.25, -0.2) is 0 Å². The molecular formula is C19H16N2O3S. The average Bonchev–Trinajstić information content (AvgIpc) is 3.14. The SMILES string of the molecule is CC(C)n1c(=O)sc2cc(NC(=O)c3cc4ccccc4o3)ccc21. The van der Waals surface area contributed by atoms with Gasteiger partial charge >= 0.3 is 4.87 Å². The lowest BCUT2D eigenvalue weighted by atomic mass is 10.2. The van der Waals surface area contributed by atoms with Gasteiger partial charge < -0.3 is 9.73 Å². The average molecular weight is 352 g/mol. The summed E-state index contributed by atoms with van der Waals surface area (Å²) < 4.78 is 8.18. The topological polar surface area (TPSA) is 64.2 Å². The Labute approximate surface area is 147 Å². The summed E-state index contributed by atoms with van der Waals surface area (Å²) in [7, 11) is 0. The first-order valence-electron chi connectivity index (χ1n) is 7.98. The molecule has 1 N–H and O–H groups in total. The van der Waals surface area contributed by atoms with Crippen LogP contribution in [0, 0.1) is 0 Å². The Kier molecular flexibility index (Phi) is 3.69. The fourth-order valence-corrected chi connectivity index (χ4v) is 3.94. The number of para-hydroxylation sites is 1. The number of thiazole rings is 1. The Balaban J connectivity index is 1.66. The van der Waals surface area contributed by atoms with Gasteiger partial charge in [0.2, 0.25) is 0 Å². The van der Waals surface area contributed by atoms with Gasteiger partial charge in [0.05, 0.1) is 10.2 Å². The number of rotatable bonds is 3. The number of fused-ring (bicyclic) bond motifs is 2. The number of nitrogens with zero attached hydrogens (tertiary/aromatic N) is 1. The maximum atomic E-state index is 12.4. The Morgan fingerprint density at radius 3 is 2.72 bits per heavy atom. The van der Waals surface area contributed by atoms with Gasteiger partial charge in [-0.1, -0.05) is 29.5 Å². The molecular weight excluding hydrogens is 336 g/mol. The van der Waals surface area contributed by atoms with Crippen LogP contribution in [-0.4, -0.2) is 10.5 Å². The minimum atomic E-state index is -0.314. The summed E-state index contributed by atoms with van der Waals surface area (Å²) in [6.45, 7) is 3.95. The van der Waals surface area contributed by atoms with E-state index in [1.54, 1.807) is 16.7 Å². The number of carbonyl (C=O) groups excluding carboxylic acids is 1. The second kappa shape index (κ2) is 5.89. The molecule has 126 valence electrons. The smallest absolute Gasteiger partial charge is 0.308 e. The van der Waals surface area contributed by atoms with E-state index < -0.39 is 0 Å². The van der Waals surface area contributed by atoms with E-state index in [4.69, 9.17) is 4.42 Å². The monoisotopic (exact) mass is 352 g/mol. The Hall–Kier alpha value is -2.86. The second-order valence-electron chi connectivity index (χ2n) is 6.12. The molecule has 0 fully saturated rings. The predicted molar refractivity (Wildman–Crippen MR) is 101 cm³/mol. The van der Waals surface area contributed by atoms with Crippen molar-refractivity contribution >= 4 is 44.1 Å². The van der Waals surface area contributed by atoms with E-state index in [0.717, 1.165) is 15.6 Å². The van der Waals surface area contributed by atoms with Crippen LogP contribution in [0.25, 0.3) is 21.2 Å². The third kappa shape index (κ3) is 2.74. The normalized spacial score (nSPS) is 11.5. The van der Waals surface area contributed by atoms with Crippen LogP contribution in [0.3, 0.4) is 0 Å². The summed E-state index contributed by atoms with van der Waals surface area (Å²) in [4.78, 5) is 24.6. The number of anilines is 1. The molecule has 2 aromatic heterocycles.